The molecule has 0 aromatic rings. The summed E-state index contributed by atoms with van der Waals surface area (Å²) in [6.45, 7) is 8.12. The maximum Gasteiger partial charge on any atom is 0.259 e. The quantitative estimate of drug-likeness (QED) is 0.588. The van der Waals surface area contributed by atoms with Crippen LogP contribution in [0, 0.1) is 0 Å². The fourth-order valence-electron chi connectivity index (χ4n) is 1.27. The highest BCUT2D eigenvalue weighted by Crippen LogP contribution is 2.03. The van der Waals surface area contributed by atoms with E-state index in [1.165, 1.54) is 0 Å². The number of nitrogens with zero attached hydrogens (tertiary/aromatic N) is 2. The molecule has 3 nitrogen and oxygen atoms in total. The predicted molar refractivity (Wildman–Crippen MR) is 57.9 cm³/mol. The Morgan fingerprint density at radius 2 is 1.77 bits per heavy atom. The van der Waals surface area contributed by atoms with E-state index in [1.54, 1.807) is 0 Å². The lowest BCUT2D eigenvalue weighted by atomic mass is 10.3. The molecule has 1 aliphatic rings. The summed E-state index contributed by atoms with van der Waals surface area (Å²) in [5.41, 5.74) is 0. The zero-order valence-electron chi connectivity index (χ0n) is 8.62. The summed E-state index contributed by atoms with van der Waals surface area (Å²) in [5, 5.41) is 0.656. The van der Waals surface area contributed by atoms with Crippen molar-refractivity contribution in [2.45, 2.75) is 20.0 Å². The van der Waals surface area contributed by atoms with E-state index in [0.29, 0.717) is 5.17 Å². The van der Waals surface area contributed by atoms with Gasteiger partial charge in [0.2, 0.25) is 0 Å². The molecule has 0 aliphatic carbocycles. The Hall–Kier alpha value is -0.350. The van der Waals surface area contributed by atoms with Gasteiger partial charge in [-0.15, -0.1) is 0 Å². The average molecular weight is 202 g/mol. The van der Waals surface area contributed by atoms with Crippen molar-refractivity contribution in [2.24, 2.45) is 0 Å². The average Bonchev–Trinajstić information content (AvgIpc) is 2.04. The van der Waals surface area contributed by atoms with Crippen LogP contribution in [0.3, 0.4) is 0 Å². The van der Waals surface area contributed by atoms with Crippen molar-refractivity contribution in [1.82, 2.24) is 9.80 Å². The Labute approximate surface area is 85.6 Å². The first-order valence-corrected chi connectivity index (χ1v) is 5.14. The van der Waals surface area contributed by atoms with Crippen LogP contribution in [0.4, 0.5) is 0 Å². The monoisotopic (exact) mass is 202 g/mol. The highest BCUT2D eigenvalue weighted by Gasteiger charge is 2.17. The number of likely N-dealkylation sites (N-methyl/N-ethyl adjacent to an activating group) is 1. The van der Waals surface area contributed by atoms with Gasteiger partial charge in [-0.25, -0.2) is 0 Å². The van der Waals surface area contributed by atoms with Crippen LogP contribution < -0.4 is 0 Å². The molecule has 0 spiro atoms. The van der Waals surface area contributed by atoms with E-state index in [1.807, 2.05) is 13.8 Å². The molecule has 0 aromatic heterocycles. The van der Waals surface area contributed by atoms with Crippen LogP contribution in [0.25, 0.3) is 0 Å². The second-order valence-corrected chi connectivity index (χ2v) is 4.07. The molecular weight excluding hydrogens is 184 g/mol. The SMILES string of the molecule is CC(C)OC(=S)N1CCN(C)CC1. The first-order valence-electron chi connectivity index (χ1n) is 4.73. The van der Waals surface area contributed by atoms with Crippen LogP contribution in [-0.2, 0) is 4.74 Å². The van der Waals surface area contributed by atoms with Gasteiger partial charge >= 0.3 is 0 Å². The fraction of sp³-hybridized carbons (Fsp3) is 0.889. The van der Waals surface area contributed by atoms with Crippen molar-refractivity contribution in [3.63, 3.8) is 0 Å². The van der Waals surface area contributed by atoms with Gasteiger partial charge in [0.25, 0.3) is 5.17 Å². The molecule has 76 valence electrons. The number of ether oxygens (including phenoxy) is 1. The van der Waals surface area contributed by atoms with E-state index in [4.69, 9.17) is 17.0 Å². The minimum atomic E-state index is 0.187. The minimum Gasteiger partial charge on any atom is -0.468 e. The van der Waals surface area contributed by atoms with E-state index in [0.717, 1.165) is 26.2 Å². The van der Waals surface area contributed by atoms with Gasteiger partial charge in [-0.05, 0) is 33.1 Å². The van der Waals surface area contributed by atoms with Gasteiger partial charge < -0.3 is 14.5 Å². The van der Waals surface area contributed by atoms with Crippen LogP contribution >= 0.6 is 12.2 Å². The number of piperazine rings is 1. The molecule has 0 bridgehead atoms. The summed E-state index contributed by atoms with van der Waals surface area (Å²) < 4.78 is 5.46. The van der Waals surface area contributed by atoms with Gasteiger partial charge in [0.05, 0.1) is 6.10 Å². The third kappa shape index (κ3) is 3.48. The lowest BCUT2D eigenvalue weighted by Crippen LogP contribution is -2.47. The molecule has 0 aromatic carbocycles. The standard InChI is InChI=1S/C9H18N2OS/c1-8(2)12-9(13)11-6-4-10(3)5-7-11/h8H,4-7H2,1-3H3. The van der Waals surface area contributed by atoms with Crippen LogP contribution in [0.15, 0.2) is 0 Å². The Morgan fingerprint density at radius 1 is 1.23 bits per heavy atom. The van der Waals surface area contributed by atoms with E-state index in [-0.39, 0.29) is 6.10 Å². The second-order valence-electron chi connectivity index (χ2n) is 3.72. The maximum atomic E-state index is 5.46. The molecule has 1 fully saturated rings. The number of hydrogen-bond acceptors (Lipinski definition) is 3. The van der Waals surface area contributed by atoms with Gasteiger partial charge in [0.1, 0.15) is 0 Å². The lowest BCUT2D eigenvalue weighted by Gasteiger charge is -2.33. The molecule has 1 rings (SSSR count). The summed E-state index contributed by atoms with van der Waals surface area (Å²) in [6.07, 6.45) is 0.187. The maximum absolute atomic E-state index is 5.46. The zero-order valence-corrected chi connectivity index (χ0v) is 9.43. The molecule has 0 amide bonds. The summed E-state index contributed by atoms with van der Waals surface area (Å²) >= 11 is 5.17. The largest absolute Gasteiger partial charge is 0.468 e. The van der Waals surface area contributed by atoms with E-state index in [2.05, 4.69) is 16.8 Å². The fourth-order valence-corrected chi connectivity index (χ4v) is 1.64. The zero-order chi connectivity index (χ0) is 9.84. The molecule has 0 radical (unpaired) electrons. The van der Waals surface area contributed by atoms with Gasteiger partial charge in [-0.1, -0.05) is 0 Å². The smallest absolute Gasteiger partial charge is 0.259 e. The highest BCUT2D eigenvalue weighted by molar-refractivity contribution is 7.80. The Morgan fingerprint density at radius 3 is 2.23 bits per heavy atom. The summed E-state index contributed by atoms with van der Waals surface area (Å²) in [6, 6.07) is 0. The van der Waals surface area contributed by atoms with Crippen molar-refractivity contribution in [3.8, 4) is 0 Å². The molecule has 0 atom stereocenters. The normalized spacial score (nSPS) is 19.2. The van der Waals surface area contributed by atoms with Crippen molar-refractivity contribution in [1.29, 1.82) is 0 Å². The minimum absolute atomic E-state index is 0.187. The number of thiocarbonyl (C=S) groups is 1. The Kier molecular flexibility index (Phi) is 3.93. The number of hydrogen-bond donors (Lipinski definition) is 0. The van der Waals surface area contributed by atoms with Crippen LogP contribution in [0.5, 0.6) is 0 Å². The molecule has 1 saturated heterocycles. The van der Waals surface area contributed by atoms with E-state index < -0.39 is 0 Å². The third-order valence-electron chi connectivity index (χ3n) is 2.10. The van der Waals surface area contributed by atoms with Gasteiger partial charge in [0.15, 0.2) is 0 Å². The molecule has 1 heterocycles. The second kappa shape index (κ2) is 4.77. The molecule has 0 N–H and O–H groups in total. The van der Waals surface area contributed by atoms with Crippen molar-refractivity contribution >= 4 is 17.4 Å². The van der Waals surface area contributed by atoms with Crippen molar-refractivity contribution in [2.75, 3.05) is 33.2 Å². The highest BCUT2D eigenvalue weighted by atomic mass is 32.1. The topological polar surface area (TPSA) is 15.7 Å². The van der Waals surface area contributed by atoms with Gasteiger partial charge in [0, 0.05) is 26.2 Å². The van der Waals surface area contributed by atoms with Gasteiger partial charge in [-0.2, -0.15) is 0 Å². The number of rotatable bonds is 1. The molecule has 1 aliphatic heterocycles. The molecule has 0 unspecified atom stereocenters. The summed E-state index contributed by atoms with van der Waals surface area (Å²) in [4.78, 5) is 4.43. The van der Waals surface area contributed by atoms with E-state index in [9.17, 15) is 0 Å². The molecular formula is C9H18N2OS. The summed E-state index contributed by atoms with van der Waals surface area (Å²) in [5.74, 6) is 0. The first kappa shape index (κ1) is 10.7. The van der Waals surface area contributed by atoms with Crippen LogP contribution in [-0.4, -0.2) is 54.3 Å². The molecule has 13 heavy (non-hydrogen) atoms. The third-order valence-corrected chi connectivity index (χ3v) is 2.45. The summed E-state index contributed by atoms with van der Waals surface area (Å²) in [7, 11) is 2.13. The molecule has 4 heteroatoms. The van der Waals surface area contributed by atoms with Crippen LogP contribution in [0.1, 0.15) is 13.8 Å². The first-order chi connectivity index (χ1) is 6.09. The van der Waals surface area contributed by atoms with Crippen molar-refractivity contribution < 1.29 is 4.74 Å². The molecule has 0 saturated carbocycles. The Bertz CT molecular complexity index is 176. The Balaban J connectivity index is 2.31. The predicted octanol–water partition coefficient (Wildman–Crippen LogP) is 0.944. The van der Waals surface area contributed by atoms with Gasteiger partial charge in [-0.3, -0.25) is 0 Å². The van der Waals surface area contributed by atoms with Crippen LogP contribution in [0.2, 0.25) is 0 Å². The van der Waals surface area contributed by atoms with E-state index >= 15 is 0 Å². The lowest BCUT2D eigenvalue weighted by molar-refractivity contribution is 0.149. The van der Waals surface area contributed by atoms with Crippen molar-refractivity contribution in [3.05, 3.63) is 0 Å².